The van der Waals surface area contributed by atoms with Gasteiger partial charge in [0.05, 0.1) is 22.2 Å². The van der Waals surface area contributed by atoms with Crippen LogP contribution >= 0.6 is 22.7 Å². The Labute approximate surface area is 182 Å². The van der Waals surface area contributed by atoms with E-state index in [1.54, 1.807) is 24.2 Å². The maximum Gasteiger partial charge on any atom is 0.324 e. The van der Waals surface area contributed by atoms with E-state index in [1.165, 1.54) is 23.5 Å². The van der Waals surface area contributed by atoms with Crippen molar-refractivity contribution in [2.75, 3.05) is 39.2 Å². The van der Waals surface area contributed by atoms with Crippen LogP contribution in [0.3, 0.4) is 0 Å². The monoisotopic (exact) mass is 446 g/mol. The number of anilines is 1. The predicted molar refractivity (Wildman–Crippen MR) is 122 cm³/mol. The maximum atomic E-state index is 13.0. The van der Waals surface area contributed by atoms with Gasteiger partial charge in [-0.15, -0.1) is 0 Å². The average Bonchev–Trinajstić information content (AvgIpc) is 3.35. The van der Waals surface area contributed by atoms with E-state index in [0.717, 1.165) is 34.5 Å². The number of ether oxygens (including phenoxy) is 1. The number of nitro groups is 1. The fraction of sp³-hybridized carbons (Fsp3) is 0.300. The SMILES string of the molecule is COc1ccc2sc(N(CCCN(C)C)C(=O)C=Cc3ccc([N+](=O)[O-])s3)nc2c1. The van der Waals surface area contributed by atoms with Gasteiger partial charge in [0, 0.05) is 29.6 Å². The molecule has 3 rings (SSSR count). The number of rotatable bonds is 9. The number of carbonyl (C=O) groups is 1. The molecule has 0 saturated heterocycles. The van der Waals surface area contributed by atoms with Crippen LogP contribution in [-0.2, 0) is 4.79 Å². The summed E-state index contributed by atoms with van der Waals surface area (Å²) in [5.41, 5.74) is 0.776. The van der Waals surface area contributed by atoms with Gasteiger partial charge in [-0.25, -0.2) is 4.98 Å². The number of hydrogen-bond donors (Lipinski definition) is 0. The molecule has 2 aromatic heterocycles. The highest BCUT2D eigenvalue weighted by Gasteiger charge is 2.18. The Morgan fingerprint density at radius 1 is 1.23 bits per heavy atom. The van der Waals surface area contributed by atoms with E-state index in [9.17, 15) is 14.9 Å². The van der Waals surface area contributed by atoms with E-state index in [1.807, 2.05) is 32.3 Å². The lowest BCUT2D eigenvalue weighted by atomic mass is 10.3. The summed E-state index contributed by atoms with van der Waals surface area (Å²) in [6.45, 7) is 1.35. The van der Waals surface area contributed by atoms with Gasteiger partial charge in [0.15, 0.2) is 5.13 Å². The van der Waals surface area contributed by atoms with E-state index in [0.29, 0.717) is 22.3 Å². The van der Waals surface area contributed by atoms with E-state index in [2.05, 4.69) is 9.88 Å². The van der Waals surface area contributed by atoms with Crippen LogP contribution in [0.5, 0.6) is 5.75 Å². The predicted octanol–water partition coefficient (Wildman–Crippen LogP) is 4.27. The third-order valence-electron chi connectivity index (χ3n) is 4.25. The fourth-order valence-corrected chi connectivity index (χ4v) is 4.46. The van der Waals surface area contributed by atoms with Gasteiger partial charge in [0.1, 0.15) is 5.75 Å². The number of nitrogens with zero attached hydrogens (tertiary/aromatic N) is 4. The standard InChI is InChI=1S/C20H22N4O4S2/c1-22(2)11-4-12-23(18(25)9-6-15-7-10-19(29-15)24(26)27)20-21-16-13-14(28-3)5-8-17(16)30-20/h5-10,13H,4,11-12H2,1-3H3. The first-order chi connectivity index (χ1) is 14.4. The Hall–Kier alpha value is -2.82. The number of benzene rings is 1. The summed E-state index contributed by atoms with van der Waals surface area (Å²) in [5, 5.41) is 11.5. The molecule has 158 valence electrons. The van der Waals surface area contributed by atoms with Gasteiger partial charge >= 0.3 is 5.00 Å². The topological polar surface area (TPSA) is 88.8 Å². The molecule has 3 aromatic rings. The van der Waals surface area contributed by atoms with E-state index in [4.69, 9.17) is 4.74 Å². The number of carbonyl (C=O) groups excluding carboxylic acids is 1. The summed E-state index contributed by atoms with van der Waals surface area (Å²) in [6, 6.07) is 8.71. The molecule has 2 heterocycles. The molecule has 0 radical (unpaired) electrons. The van der Waals surface area contributed by atoms with Crippen molar-refractivity contribution in [3.8, 4) is 5.75 Å². The lowest BCUT2D eigenvalue weighted by molar-refractivity contribution is -0.380. The maximum absolute atomic E-state index is 13.0. The Balaban J connectivity index is 1.84. The molecule has 0 fully saturated rings. The number of amides is 1. The Bertz CT molecular complexity index is 1070. The molecule has 0 aliphatic rings. The van der Waals surface area contributed by atoms with Crippen molar-refractivity contribution >= 4 is 55.0 Å². The number of aromatic nitrogens is 1. The summed E-state index contributed by atoms with van der Waals surface area (Å²) >= 11 is 2.48. The summed E-state index contributed by atoms with van der Waals surface area (Å²) in [5.74, 6) is 0.500. The molecule has 0 unspecified atom stereocenters. The zero-order valence-electron chi connectivity index (χ0n) is 16.9. The van der Waals surface area contributed by atoms with Crippen molar-refractivity contribution in [2.45, 2.75) is 6.42 Å². The van der Waals surface area contributed by atoms with Crippen LogP contribution in [0.1, 0.15) is 11.3 Å². The lowest BCUT2D eigenvalue weighted by Gasteiger charge is -2.19. The summed E-state index contributed by atoms with van der Waals surface area (Å²) in [7, 11) is 5.57. The highest BCUT2D eigenvalue weighted by atomic mass is 32.1. The number of fused-ring (bicyclic) bond motifs is 1. The van der Waals surface area contributed by atoms with Crippen molar-refractivity contribution in [3.63, 3.8) is 0 Å². The van der Waals surface area contributed by atoms with Crippen LogP contribution in [0.4, 0.5) is 10.1 Å². The van der Waals surface area contributed by atoms with E-state index in [-0.39, 0.29) is 10.9 Å². The van der Waals surface area contributed by atoms with Crippen molar-refractivity contribution in [3.05, 3.63) is 51.4 Å². The smallest absolute Gasteiger partial charge is 0.324 e. The summed E-state index contributed by atoms with van der Waals surface area (Å²) < 4.78 is 6.22. The van der Waals surface area contributed by atoms with Crippen LogP contribution < -0.4 is 9.64 Å². The zero-order chi connectivity index (χ0) is 21.7. The van der Waals surface area contributed by atoms with E-state index < -0.39 is 4.92 Å². The number of methoxy groups -OCH3 is 1. The molecule has 0 atom stereocenters. The molecule has 30 heavy (non-hydrogen) atoms. The van der Waals surface area contributed by atoms with Gasteiger partial charge in [-0.3, -0.25) is 19.8 Å². The number of hydrogen-bond acceptors (Lipinski definition) is 8. The summed E-state index contributed by atoms with van der Waals surface area (Å²) in [4.78, 5) is 32.4. The van der Waals surface area contributed by atoms with Crippen molar-refractivity contribution in [1.29, 1.82) is 0 Å². The molecule has 10 heteroatoms. The molecule has 0 spiro atoms. The van der Waals surface area contributed by atoms with Gasteiger partial charge in [0.25, 0.3) is 5.91 Å². The highest BCUT2D eigenvalue weighted by Crippen LogP contribution is 2.32. The minimum atomic E-state index is -0.438. The molecule has 0 bridgehead atoms. The van der Waals surface area contributed by atoms with Crippen molar-refractivity contribution in [2.24, 2.45) is 0 Å². The molecule has 0 aliphatic heterocycles. The van der Waals surface area contributed by atoms with Crippen molar-refractivity contribution < 1.29 is 14.5 Å². The number of thiazole rings is 1. The second kappa shape index (κ2) is 9.79. The van der Waals surface area contributed by atoms with Gasteiger partial charge < -0.3 is 9.64 Å². The first-order valence-electron chi connectivity index (χ1n) is 9.20. The van der Waals surface area contributed by atoms with Crippen molar-refractivity contribution in [1.82, 2.24) is 9.88 Å². The first-order valence-corrected chi connectivity index (χ1v) is 10.8. The second-order valence-corrected chi connectivity index (χ2v) is 8.85. The van der Waals surface area contributed by atoms with Gasteiger partial charge in [-0.05, 0) is 51.3 Å². The Kier molecular flexibility index (Phi) is 7.14. The zero-order valence-corrected chi connectivity index (χ0v) is 18.5. The van der Waals surface area contributed by atoms with Crippen LogP contribution in [-0.4, -0.2) is 55.0 Å². The molecule has 8 nitrogen and oxygen atoms in total. The minimum Gasteiger partial charge on any atom is -0.497 e. The third kappa shape index (κ3) is 5.41. The second-order valence-electron chi connectivity index (χ2n) is 6.74. The van der Waals surface area contributed by atoms with Crippen LogP contribution in [0.15, 0.2) is 36.4 Å². The quantitative estimate of drug-likeness (QED) is 0.277. The van der Waals surface area contributed by atoms with Crippen LogP contribution in [0.2, 0.25) is 0 Å². The lowest BCUT2D eigenvalue weighted by Crippen LogP contribution is -2.32. The third-order valence-corrected chi connectivity index (χ3v) is 6.31. The first kappa shape index (κ1) is 21.9. The average molecular weight is 447 g/mol. The van der Waals surface area contributed by atoms with E-state index >= 15 is 0 Å². The molecular formula is C20H22N4O4S2. The van der Waals surface area contributed by atoms with Gasteiger partial charge in [-0.2, -0.15) is 0 Å². The minimum absolute atomic E-state index is 0.0464. The van der Waals surface area contributed by atoms with Gasteiger partial charge in [-0.1, -0.05) is 22.7 Å². The highest BCUT2D eigenvalue weighted by molar-refractivity contribution is 7.22. The molecular weight excluding hydrogens is 424 g/mol. The number of thiophene rings is 1. The normalized spacial score (nSPS) is 11.5. The Morgan fingerprint density at radius 3 is 2.70 bits per heavy atom. The van der Waals surface area contributed by atoms with Crippen LogP contribution in [0.25, 0.3) is 16.3 Å². The molecule has 0 N–H and O–H groups in total. The van der Waals surface area contributed by atoms with Gasteiger partial charge in [0.2, 0.25) is 0 Å². The molecule has 0 saturated carbocycles. The summed E-state index contributed by atoms with van der Waals surface area (Å²) in [6.07, 6.45) is 3.84. The largest absolute Gasteiger partial charge is 0.497 e. The fourth-order valence-electron chi connectivity index (χ4n) is 2.76. The van der Waals surface area contributed by atoms with Crippen LogP contribution in [0, 0.1) is 10.1 Å². The molecule has 1 aromatic carbocycles. The molecule has 0 aliphatic carbocycles. The molecule has 1 amide bonds. The Morgan fingerprint density at radius 2 is 2.03 bits per heavy atom.